The molecular weight excluding hydrogens is 304 g/mol. The fraction of sp³-hybridized carbons (Fsp3) is 0.400. The van der Waals surface area contributed by atoms with Crippen molar-refractivity contribution >= 4 is 21.8 Å². The molecule has 0 N–H and O–H groups in total. The number of carbonyl (C=O) groups is 1. The highest BCUT2D eigenvalue weighted by atomic mass is 79.9. The van der Waals surface area contributed by atoms with Crippen LogP contribution in [0.3, 0.4) is 0 Å². The summed E-state index contributed by atoms with van der Waals surface area (Å²) in [6.07, 6.45) is 2.40. The van der Waals surface area contributed by atoms with Crippen molar-refractivity contribution in [3.63, 3.8) is 0 Å². The number of amides is 1. The number of benzene rings is 1. The van der Waals surface area contributed by atoms with Crippen molar-refractivity contribution < 1.29 is 4.79 Å². The third-order valence-electron chi connectivity index (χ3n) is 3.36. The van der Waals surface area contributed by atoms with E-state index in [1.54, 1.807) is 0 Å². The van der Waals surface area contributed by atoms with Crippen molar-refractivity contribution in [1.82, 2.24) is 9.80 Å². The molecule has 0 spiro atoms. The molecule has 0 saturated carbocycles. The summed E-state index contributed by atoms with van der Waals surface area (Å²) in [5, 5.41) is 0. The molecule has 1 fully saturated rings. The lowest BCUT2D eigenvalue weighted by molar-refractivity contribution is -0.132. The number of halogens is 1. The van der Waals surface area contributed by atoms with E-state index in [9.17, 15) is 4.79 Å². The Morgan fingerprint density at radius 1 is 1.32 bits per heavy atom. The maximum Gasteiger partial charge on any atom is 0.227 e. The van der Waals surface area contributed by atoms with Crippen LogP contribution in [0.25, 0.3) is 0 Å². The summed E-state index contributed by atoms with van der Waals surface area (Å²) in [5.41, 5.74) is 1.06. The third-order valence-corrected chi connectivity index (χ3v) is 3.85. The van der Waals surface area contributed by atoms with Crippen LogP contribution in [0.2, 0.25) is 0 Å². The Hall–Kier alpha value is -1.13. The molecule has 3 nitrogen and oxygen atoms in total. The normalized spacial score (nSPS) is 16.4. The molecule has 1 aliphatic rings. The van der Waals surface area contributed by atoms with Crippen LogP contribution in [0, 0.1) is 0 Å². The SMILES string of the molecule is C=CCN1CCN(C(=O)Cc2cccc(Br)c2)CC1. The Morgan fingerprint density at radius 3 is 2.68 bits per heavy atom. The van der Waals surface area contributed by atoms with E-state index in [1.807, 2.05) is 35.2 Å². The Bertz CT molecular complexity index is 453. The molecule has 1 aromatic carbocycles. The molecule has 1 saturated heterocycles. The zero-order chi connectivity index (χ0) is 13.7. The molecule has 2 rings (SSSR count). The van der Waals surface area contributed by atoms with Gasteiger partial charge in [-0.3, -0.25) is 9.69 Å². The maximum absolute atomic E-state index is 12.2. The third kappa shape index (κ3) is 4.18. The predicted molar refractivity (Wildman–Crippen MR) is 81.1 cm³/mol. The first-order valence-corrected chi connectivity index (χ1v) is 7.34. The van der Waals surface area contributed by atoms with Crippen LogP contribution in [0.5, 0.6) is 0 Å². The van der Waals surface area contributed by atoms with Crippen LogP contribution in [0.15, 0.2) is 41.4 Å². The predicted octanol–water partition coefficient (Wildman–Crippen LogP) is 2.32. The van der Waals surface area contributed by atoms with E-state index in [1.165, 1.54) is 0 Å². The minimum Gasteiger partial charge on any atom is -0.340 e. The molecular formula is C15H19BrN2O. The van der Waals surface area contributed by atoms with E-state index in [4.69, 9.17) is 0 Å². The fourth-order valence-electron chi connectivity index (χ4n) is 2.30. The topological polar surface area (TPSA) is 23.6 Å². The van der Waals surface area contributed by atoms with Gasteiger partial charge in [0, 0.05) is 37.2 Å². The van der Waals surface area contributed by atoms with Gasteiger partial charge >= 0.3 is 0 Å². The van der Waals surface area contributed by atoms with Gasteiger partial charge in [-0.25, -0.2) is 0 Å². The van der Waals surface area contributed by atoms with Crippen LogP contribution in [-0.4, -0.2) is 48.4 Å². The summed E-state index contributed by atoms with van der Waals surface area (Å²) in [4.78, 5) is 16.5. The van der Waals surface area contributed by atoms with Gasteiger partial charge in [-0.15, -0.1) is 6.58 Å². The molecule has 0 bridgehead atoms. The van der Waals surface area contributed by atoms with E-state index < -0.39 is 0 Å². The lowest BCUT2D eigenvalue weighted by atomic mass is 10.1. The molecule has 0 aromatic heterocycles. The second-order valence-corrected chi connectivity index (χ2v) is 5.69. The van der Waals surface area contributed by atoms with Gasteiger partial charge in [0.25, 0.3) is 0 Å². The second-order valence-electron chi connectivity index (χ2n) is 4.78. The van der Waals surface area contributed by atoms with Crippen molar-refractivity contribution in [2.45, 2.75) is 6.42 Å². The lowest BCUT2D eigenvalue weighted by Crippen LogP contribution is -2.49. The molecule has 1 aliphatic heterocycles. The zero-order valence-electron chi connectivity index (χ0n) is 11.0. The lowest BCUT2D eigenvalue weighted by Gasteiger charge is -2.34. The molecule has 1 amide bonds. The number of piperazine rings is 1. The van der Waals surface area contributed by atoms with Gasteiger partial charge in [0.1, 0.15) is 0 Å². The average molecular weight is 323 g/mol. The highest BCUT2D eigenvalue weighted by Gasteiger charge is 2.20. The maximum atomic E-state index is 12.2. The Balaban J connectivity index is 1.86. The van der Waals surface area contributed by atoms with Crippen LogP contribution in [0.4, 0.5) is 0 Å². The number of carbonyl (C=O) groups excluding carboxylic acids is 1. The Labute approximate surface area is 123 Å². The van der Waals surface area contributed by atoms with Crippen molar-refractivity contribution in [3.8, 4) is 0 Å². The van der Waals surface area contributed by atoms with Gasteiger partial charge in [0.2, 0.25) is 5.91 Å². The van der Waals surface area contributed by atoms with Gasteiger partial charge in [0.15, 0.2) is 0 Å². The summed E-state index contributed by atoms with van der Waals surface area (Å²) in [6.45, 7) is 8.18. The molecule has 1 aromatic rings. The first kappa shape index (κ1) is 14.3. The van der Waals surface area contributed by atoms with E-state index in [0.717, 1.165) is 42.8 Å². The molecule has 0 atom stereocenters. The monoisotopic (exact) mass is 322 g/mol. The van der Waals surface area contributed by atoms with Crippen molar-refractivity contribution in [3.05, 3.63) is 47.0 Å². The smallest absolute Gasteiger partial charge is 0.227 e. The van der Waals surface area contributed by atoms with Crippen LogP contribution >= 0.6 is 15.9 Å². The largest absolute Gasteiger partial charge is 0.340 e. The zero-order valence-corrected chi connectivity index (χ0v) is 12.6. The molecule has 0 aliphatic carbocycles. The van der Waals surface area contributed by atoms with Crippen LogP contribution in [0.1, 0.15) is 5.56 Å². The first-order valence-electron chi connectivity index (χ1n) is 6.54. The molecule has 0 unspecified atom stereocenters. The fourth-order valence-corrected chi connectivity index (χ4v) is 2.74. The second kappa shape index (κ2) is 6.87. The van der Waals surface area contributed by atoms with Gasteiger partial charge in [-0.2, -0.15) is 0 Å². The summed E-state index contributed by atoms with van der Waals surface area (Å²) < 4.78 is 1.02. The van der Waals surface area contributed by atoms with Crippen molar-refractivity contribution in [2.75, 3.05) is 32.7 Å². The van der Waals surface area contributed by atoms with Crippen molar-refractivity contribution in [2.24, 2.45) is 0 Å². The molecule has 1 heterocycles. The van der Waals surface area contributed by atoms with E-state index in [2.05, 4.69) is 27.4 Å². The number of hydrogen-bond donors (Lipinski definition) is 0. The summed E-state index contributed by atoms with van der Waals surface area (Å²) in [6, 6.07) is 7.94. The quantitative estimate of drug-likeness (QED) is 0.794. The van der Waals surface area contributed by atoms with Gasteiger partial charge in [0.05, 0.1) is 6.42 Å². The Morgan fingerprint density at radius 2 is 2.05 bits per heavy atom. The van der Waals surface area contributed by atoms with E-state index in [0.29, 0.717) is 6.42 Å². The summed E-state index contributed by atoms with van der Waals surface area (Å²) in [7, 11) is 0. The molecule has 102 valence electrons. The average Bonchev–Trinajstić information content (AvgIpc) is 2.40. The number of nitrogens with zero attached hydrogens (tertiary/aromatic N) is 2. The molecule has 0 radical (unpaired) electrons. The summed E-state index contributed by atoms with van der Waals surface area (Å²) in [5.74, 6) is 0.219. The van der Waals surface area contributed by atoms with Crippen LogP contribution in [-0.2, 0) is 11.2 Å². The summed E-state index contributed by atoms with van der Waals surface area (Å²) >= 11 is 3.43. The number of rotatable bonds is 4. The Kier molecular flexibility index (Phi) is 5.16. The molecule has 19 heavy (non-hydrogen) atoms. The molecule has 4 heteroatoms. The van der Waals surface area contributed by atoms with Gasteiger partial charge in [-0.1, -0.05) is 34.1 Å². The standard InChI is InChI=1S/C15H19BrN2O/c1-2-6-17-7-9-18(10-8-17)15(19)12-13-4-3-5-14(16)11-13/h2-5,11H,1,6-10,12H2. The van der Waals surface area contributed by atoms with Gasteiger partial charge in [-0.05, 0) is 17.7 Å². The minimum atomic E-state index is 0.219. The number of hydrogen-bond acceptors (Lipinski definition) is 2. The minimum absolute atomic E-state index is 0.219. The van der Waals surface area contributed by atoms with E-state index in [-0.39, 0.29) is 5.91 Å². The van der Waals surface area contributed by atoms with E-state index >= 15 is 0 Å². The highest BCUT2D eigenvalue weighted by Crippen LogP contribution is 2.13. The van der Waals surface area contributed by atoms with Gasteiger partial charge < -0.3 is 4.90 Å². The first-order chi connectivity index (χ1) is 9.19. The highest BCUT2D eigenvalue weighted by molar-refractivity contribution is 9.10. The van der Waals surface area contributed by atoms with Crippen LogP contribution < -0.4 is 0 Å². The van der Waals surface area contributed by atoms with Crippen molar-refractivity contribution in [1.29, 1.82) is 0 Å².